The Bertz CT molecular complexity index is 1530. The minimum atomic E-state index is -1.07. The Hall–Kier alpha value is -5.33. The molecule has 2 aliphatic rings. The Morgan fingerprint density at radius 1 is 0.977 bits per heavy atom. The number of fused-ring (bicyclic) bond motifs is 1. The number of ether oxygens (including phenoxy) is 2. The number of carboxylic acids is 1. The van der Waals surface area contributed by atoms with Gasteiger partial charge in [0.15, 0.2) is 11.5 Å². The molecule has 3 heterocycles. The number of carbonyl (C=O) groups excluding carboxylic acids is 3. The van der Waals surface area contributed by atoms with Crippen molar-refractivity contribution in [3.63, 3.8) is 0 Å². The molecule has 4 amide bonds. The number of hydrogen-bond donors (Lipinski definition) is 4. The van der Waals surface area contributed by atoms with Gasteiger partial charge in [0.05, 0.1) is 23.8 Å². The predicted molar refractivity (Wildman–Crippen MR) is 161 cm³/mol. The van der Waals surface area contributed by atoms with Crippen LogP contribution in [0.15, 0.2) is 60.9 Å². The van der Waals surface area contributed by atoms with Crippen LogP contribution in [0.5, 0.6) is 11.5 Å². The lowest BCUT2D eigenvalue weighted by molar-refractivity contribution is -0.137. The highest BCUT2D eigenvalue weighted by molar-refractivity contribution is 6.00. The first-order valence-electron chi connectivity index (χ1n) is 14.4. The van der Waals surface area contributed by atoms with Gasteiger partial charge in [-0.15, -0.1) is 0 Å². The van der Waals surface area contributed by atoms with E-state index in [0.717, 1.165) is 0 Å². The van der Waals surface area contributed by atoms with E-state index in [4.69, 9.17) is 9.47 Å². The maximum Gasteiger partial charge on any atom is 0.319 e. The van der Waals surface area contributed by atoms with Crippen LogP contribution in [0.3, 0.4) is 0 Å². The number of anilines is 2. The summed E-state index contributed by atoms with van der Waals surface area (Å²) < 4.78 is 10.8. The van der Waals surface area contributed by atoms with E-state index in [1.165, 1.54) is 6.20 Å². The van der Waals surface area contributed by atoms with Crippen molar-refractivity contribution in [3.8, 4) is 11.5 Å². The van der Waals surface area contributed by atoms with Gasteiger partial charge in [0.25, 0.3) is 11.8 Å². The third-order valence-corrected chi connectivity index (χ3v) is 7.36. The van der Waals surface area contributed by atoms with Crippen LogP contribution >= 0.6 is 0 Å². The monoisotopic (exact) mass is 602 g/mol. The fraction of sp³-hybridized carbons (Fsp3) is 0.323. The van der Waals surface area contributed by atoms with Gasteiger partial charge in [-0.2, -0.15) is 0 Å². The molecule has 4 N–H and O–H groups in total. The first-order valence-corrected chi connectivity index (χ1v) is 14.4. The summed E-state index contributed by atoms with van der Waals surface area (Å²) in [7, 11) is 0. The maximum absolute atomic E-state index is 13.3. The van der Waals surface area contributed by atoms with Crippen LogP contribution in [-0.4, -0.2) is 78.3 Å². The number of hydrogen-bond acceptors (Lipinski definition) is 8. The van der Waals surface area contributed by atoms with Crippen molar-refractivity contribution >= 4 is 35.2 Å². The lowest BCUT2D eigenvalue weighted by atomic mass is 10.0. The molecule has 2 aliphatic heterocycles. The molecule has 5 rings (SSSR count). The smallest absolute Gasteiger partial charge is 0.319 e. The third-order valence-electron chi connectivity index (χ3n) is 7.36. The molecule has 0 saturated carbocycles. The fourth-order valence-electron chi connectivity index (χ4n) is 5.20. The molecule has 1 fully saturated rings. The van der Waals surface area contributed by atoms with Gasteiger partial charge < -0.3 is 40.3 Å². The molecule has 230 valence electrons. The minimum Gasteiger partial charge on any atom is -0.481 e. The van der Waals surface area contributed by atoms with Crippen molar-refractivity contribution in [2.45, 2.75) is 25.8 Å². The number of aromatic nitrogens is 1. The number of pyridine rings is 1. The van der Waals surface area contributed by atoms with Crippen molar-refractivity contribution in [2.75, 3.05) is 49.7 Å². The van der Waals surface area contributed by atoms with E-state index >= 15 is 0 Å². The molecular formula is C31H34N6O7. The number of urea groups is 1. The van der Waals surface area contributed by atoms with Gasteiger partial charge in [-0.25, -0.2) is 4.79 Å². The molecule has 1 unspecified atom stereocenters. The molecular weight excluding hydrogens is 568 g/mol. The zero-order valence-corrected chi connectivity index (χ0v) is 24.2. The summed E-state index contributed by atoms with van der Waals surface area (Å²) in [4.78, 5) is 58.6. The first-order chi connectivity index (χ1) is 21.3. The van der Waals surface area contributed by atoms with Gasteiger partial charge in [0.1, 0.15) is 0 Å². The van der Waals surface area contributed by atoms with Crippen molar-refractivity contribution < 1.29 is 33.8 Å². The van der Waals surface area contributed by atoms with Gasteiger partial charge in [0, 0.05) is 56.2 Å². The SMILES string of the molecule is CCNC(=O)Nc1cc(C(=O)NC(CC(=O)O)c2cccnc2)ccc1N1CCCN(C(=O)c2ccc3c(c2)OCO3)CC1. The fourth-order valence-corrected chi connectivity index (χ4v) is 5.20. The average molecular weight is 603 g/mol. The topological polar surface area (TPSA) is 162 Å². The second-order valence-corrected chi connectivity index (χ2v) is 10.3. The number of carboxylic acid groups (broad SMARTS) is 1. The number of benzene rings is 2. The normalized spacial score (nSPS) is 14.8. The molecule has 1 atom stereocenters. The van der Waals surface area contributed by atoms with Gasteiger partial charge in [0.2, 0.25) is 6.79 Å². The Kier molecular flexibility index (Phi) is 9.43. The van der Waals surface area contributed by atoms with Gasteiger partial charge >= 0.3 is 12.0 Å². The Morgan fingerprint density at radius 3 is 2.57 bits per heavy atom. The number of amides is 4. The zero-order chi connectivity index (χ0) is 31.1. The molecule has 2 aromatic carbocycles. The molecule has 44 heavy (non-hydrogen) atoms. The molecule has 1 saturated heterocycles. The van der Waals surface area contributed by atoms with Gasteiger partial charge in [-0.05, 0) is 61.4 Å². The van der Waals surface area contributed by atoms with E-state index < -0.39 is 23.9 Å². The van der Waals surface area contributed by atoms with Crippen molar-refractivity contribution in [2.24, 2.45) is 0 Å². The van der Waals surface area contributed by atoms with E-state index in [0.29, 0.717) is 73.1 Å². The van der Waals surface area contributed by atoms with Gasteiger partial charge in [-0.3, -0.25) is 19.4 Å². The number of rotatable bonds is 9. The maximum atomic E-state index is 13.3. The second kappa shape index (κ2) is 13.8. The quantitative estimate of drug-likeness (QED) is 0.288. The van der Waals surface area contributed by atoms with Crippen LogP contribution in [0.4, 0.5) is 16.2 Å². The summed E-state index contributed by atoms with van der Waals surface area (Å²) >= 11 is 0. The molecule has 13 nitrogen and oxygen atoms in total. The summed E-state index contributed by atoms with van der Waals surface area (Å²) in [5.41, 5.74) is 2.43. The molecule has 13 heteroatoms. The summed E-state index contributed by atoms with van der Waals surface area (Å²) in [6, 6.07) is 12.3. The lowest BCUT2D eigenvalue weighted by Gasteiger charge is -2.27. The highest BCUT2D eigenvalue weighted by Crippen LogP contribution is 2.33. The number of aliphatic carboxylic acids is 1. The Labute approximate surface area is 254 Å². The van der Waals surface area contributed by atoms with E-state index in [1.54, 1.807) is 66.6 Å². The Balaban J connectivity index is 1.34. The van der Waals surface area contributed by atoms with E-state index in [-0.39, 0.29) is 24.7 Å². The average Bonchev–Trinajstić information content (AvgIpc) is 3.36. The predicted octanol–water partition coefficient (Wildman–Crippen LogP) is 3.25. The standard InChI is InChI=1S/C31H34N6O7/c1-2-33-31(42)35-24-15-20(29(40)34-23(17-28(38)39)22-5-3-10-32-18-22)6-8-25(24)36-11-4-12-37(14-13-36)30(41)21-7-9-26-27(16-21)44-19-43-26/h3,5-10,15-16,18,23H,2,4,11-14,17,19H2,1H3,(H,34,40)(H,38,39)(H2,33,35,42). The molecule has 3 aromatic rings. The molecule has 1 aromatic heterocycles. The van der Waals surface area contributed by atoms with Crippen LogP contribution in [-0.2, 0) is 4.79 Å². The third kappa shape index (κ3) is 7.17. The zero-order valence-electron chi connectivity index (χ0n) is 24.2. The van der Waals surface area contributed by atoms with E-state index in [9.17, 15) is 24.3 Å². The van der Waals surface area contributed by atoms with E-state index in [2.05, 4.69) is 25.8 Å². The van der Waals surface area contributed by atoms with Crippen LogP contribution in [0.1, 0.15) is 52.1 Å². The summed E-state index contributed by atoms with van der Waals surface area (Å²) in [6.45, 7) is 4.43. The largest absolute Gasteiger partial charge is 0.481 e. The van der Waals surface area contributed by atoms with E-state index in [1.807, 2.05) is 0 Å². The van der Waals surface area contributed by atoms with Crippen molar-refractivity contribution in [1.29, 1.82) is 0 Å². The van der Waals surface area contributed by atoms with Crippen LogP contribution < -0.4 is 30.3 Å². The molecule has 0 radical (unpaired) electrons. The molecule has 0 bridgehead atoms. The highest BCUT2D eigenvalue weighted by Gasteiger charge is 2.25. The molecule has 0 spiro atoms. The van der Waals surface area contributed by atoms with Crippen LogP contribution in [0.25, 0.3) is 0 Å². The van der Waals surface area contributed by atoms with Gasteiger partial charge in [-0.1, -0.05) is 6.07 Å². The Morgan fingerprint density at radius 2 is 1.80 bits per heavy atom. The van der Waals surface area contributed by atoms with Crippen LogP contribution in [0.2, 0.25) is 0 Å². The lowest BCUT2D eigenvalue weighted by Crippen LogP contribution is -2.36. The molecule has 0 aliphatic carbocycles. The van der Waals surface area contributed by atoms with Crippen molar-refractivity contribution in [1.82, 2.24) is 20.5 Å². The first kappa shape index (κ1) is 30.1. The second-order valence-electron chi connectivity index (χ2n) is 10.3. The number of carbonyl (C=O) groups is 4. The van der Waals surface area contributed by atoms with Crippen LogP contribution in [0, 0.1) is 0 Å². The summed E-state index contributed by atoms with van der Waals surface area (Å²) in [6.07, 6.45) is 3.44. The number of nitrogens with zero attached hydrogens (tertiary/aromatic N) is 3. The van der Waals surface area contributed by atoms with Crippen molar-refractivity contribution in [3.05, 3.63) is 77.6 Å². The summed E-state index contributed by atoms with van der Waals surface area (Å²) in [5, 5.41) is 17.7. The minimum absolute atomic E-state index is 0.109. The summed E-state index contributed by atoms with van der Waals surface area (Å²) in [5.74, 6) is -0.515. The number of nitrogens with one attached hydrogen (secondary N) is 3. The highest BCUT2D eigenvalue weighted by atomic mass is 16.7.